The van der Waals surface area contributed by atoms with E-state index in [1.165, 1.54) is 17.8 Å². The summed E-state index contributed by atoms with van der Waals surface area (Å²) in [7, 11) is -4.39. The van der Waals surface area contributed by atoms with Gasteiger partial charge in [0.2, 0.25) is 0 Å². The molecule has 286 valence electrons. The highest BCUT2D eigenvalue weighted by atomic mass is 31.2. The largest absolute Gasteiger partial charge is 0.465 e. The summed E-state index contributed by atoms with van der Waals surface area (Å²) in [5.74, 6) is -2.51. The van der Waals surface area contributed by atoms with Gasteiger partial charge in [-0.05, 0) is 49.9 Å². The first-order chi connectivity index (χ1) is 24.4. The third-order valence-electron chi connectivity index (χ3n) is 9.10. The molecule has 1 saturated heterocycles. The van der Waals surface area contributed by atoms with Gasteiger partial charge in [-0.1, -0.05) is 73.1 Å². The van der Waals surface area contributed by atoms with Crippen LogP contribution in [0.3, 0.4) is 0 Å². The highest BCUT2D eigenvalue weighted by Gasteiger charge is 2.59. The van der Waals surface area contributed by atoms with Crippen molar-refractivity contribution in [3.8, 4) is 5.75 Å². The molecule has 4 rings (SSSR count). The van der Waals surface area contributed by atoms with Gasteiger partial charge < -0.3 is 29.2 Å². The lowest BCUT2D eigenvalue weighted by molar-refractivity contribution is -0.175. The lowest BCUT2D eigenvalue weighted by atomic mass is 9.87. The minimum Gasteiger partial charge on any atom is -0.465 e. The summed E-state index contributed by atoms with van der Waals surface area (Å²) < 4.78 is 52.0. The molecule has 6 atom stereocenters. The van der Waals surface area contributed by atoms with Crippen LogP contribution in [0.1, 0.15) is 80.8 Å². The second-order valence-corrected chi connectivity index (χ2v) is 16.2. The van der Waals surface area contributed by atoms with Crippen molar-refractivity contribution in [3.05, 3.63) is 54.5 Å². The molecule has 1 fully saturated rings. The number of hydrogen-bond donors (Lipinski definition) is 2. The van der Waals surface area contributed by atoms with E-state index in [-0.39, 0.29) is 23.6 Å². The van der Waals surface area contributed by atoms with E-state index in [0.29, 0.717) is 17.6 Å². The number of ether oxygens (including phenoxy) is 4. The number of benzene rings is 1. The minimum absolute atomic E-state index is 0.0226. The van der Waals surface area contributed by atoms with Crippen LogP contribution in [0.15, 0.2) is 48.8 Å². The molecule has 3 N–H and O–H groups in total. The molecule has 0 saturated carbocycles. The van der Waals surface area contributed by atoms with E-state index >= 15 is 0 Å². The molecule has 3 heterocycles. The third kappa shape index (κ3) is 9.68. The molecule has 15 nitrogen and oxygen atoms in total. The maximum atomic E-state index is 14.5. The van der Waals surface area contributed by atoms with Gasteiger partial charge in [-0.3, -0.25) is 18.9 Å². The van der Waals surface area contributed by atoms with Crippen LogP contribution in [-0.2, 0) is 48.0 Å². The maximum Gasteiger partial charge on any atom is 0.459 e. The van der Waals surface area contributed by atoms with Crippen LogP contribution in [0, 0.1) is 17.3 Å². The van der Waals surface area contributed by atoms with Crippen molar-refractivity contribution < 1.29 is 46.9 Å². The standard InChI is InChI=1S/C36H52N5O10P/c1-10-35(7,8)18-19-46-34(44)24(6)40-52(45,51-25-14-12-11-13-15-25)47-20-27-29(48-32(42)22(2)3)30(49-33(43)23(4)5)36(9,50-27)28-17-16-26-31(37)38-21-39-41(26)28/h11-17,21-24,27,29-30H,10,18-20H2,1-9H3,(H,40,45)(H2,37,38,39)/t24-,27+,29+,30+,36-,52?/m0/s1. The number of carbonyl (C=O) groups excluding carboxylic acids is 3. The van der Waals surface area contributed by atoms with Crippen molar-refractivity contribution in [1.82, 2.24) is 19.7 Å². The zero-order valence-electron chi connectivity index (χ0n) is 31.4. The van der Waals surface area contributed by atoms with E-state index < -0.39 is 74.1 Å². The third-order valence-corrected chi connectivity index (χ3v) is 10.7. The minimum atomic E-state index is -4.39. The monoisotopic (exact) mass is 745 g/mol. The Morgan fingerprint density at radius 1 is 1.02 bits per heavy atom. The molecule has 16 heteroatoms. The van der Waals surface area contributed by atoms with Crippen molar-refractivity contribution in [2.75, 3.05) is 18.9 Å². The lowest BCUT2D eigenvalue weighted by Gasteiger charge is -2.31. The Labute approximate surface area is 304 Å². The number of fused-ring (bicyclic) bond motifs is 1. The van der Waals surface area contributed by atoms with Gasteiger partial charge in [0.25, 0.3) is 0 Å². The fourth-order valence-corrected chi connectivity index (χ4v) is 6.87. The zero-order chi connectivity index (χ0) is 38.4. The predicted octanol–water partition coefficient (Wildman–Crippen LogP) is 5.61. The summed E-state index contributed by atoms with van der Waals surface area (Å²) in [6.45, 7) is 15.7. The fraction of sp³-hybridized carbons (Fsp3) is 0.583. The van der Waals surface area contributed by atoms with Crippen molar-refractivity contribution in [2.24, 2.45) is 17.3 Å². The molecule has 0 amide bonds. The van der Waals surface area contributed by atoms with E-state index in [1.54, 1.807) is 77.1 Å². The van der Waals surface area contributed by atoms with E-state index in [1.807, 2.05) is 0 Å². The van der Waals surface area contributed by atoms with Gasteiger partial charge >= 0.3 is 25.7 Å². The van der Waals surface area contributed by atoms with Gasteiger partial charge in [-0.25, -0.2) is 14.1 Å². The van der Waals surface area contributed by atoms with Crippen molar-refractivity contribution in [1.29, 1.82) is 0 Å². The first-order valence-corrected chi connectivity index (χ1v) is 19.0. The molecule has 0 radical (unpaired) electrons. The number of nitrogen functional groups attached to an aromatic ring is 1. The summed E-state index contributed by atoms with van der Waals surface area (Å²) in [4.78, 5) is 43.4. The number of hydrogen-bond acceptors (Lipinski definition) is 13. The van der Waals surface area contributed by atoms with Gasteiger partial charge in [0.1, 0.15) is 35.3 Å². The number of esters is 3. The van der Waals surface area contributed by atoms with Crippen LogP contribution in [0.25, 0.3) is 5.52 Å². The number of rotatable bonds is 17. The van der Waals surface area contributed by atoms with Gasteiger partial charge in [-0.2, -0.15) is 10.2 Å². The highest BCUT2D eigenvalue weighted by molar-refractivity contribution is 7.52. The van der Waals surface area contributed by atoms with Crippen LogP contribution < -0.4 is 15.3 Å². The first-order valence-electron chi connectivity index (χ1n) is 17.5. The van der Waals surface area contributed by atoms with Crippen LogP contribution in [0.5, 0.6) is 5.75 Å². The molecule has 0 aliphatic carbocycles. The highest BCUT2D eigenvalue weighted by Crippen LogP contribution is 2.48. The Bertz CT molecular complexity index is 1750. The molecule has 3 aromatic rings. The van der Waals surface area contributed by atoms with Gasteiger partial charge in [-0.15, -0.1) is 0 Å². The molecule has 52 heavy (non-hydrogen) atoms. The van der Waals surface area contributed by atoms with E-state index in [0.717, 1.165) is 6.42 Å². The number of carbonyl (C=O) groups is 3. The number of nitrogens with zero attached hydrogens (tertiary/aromatic N) is 3. The molecular formula is C36H52N5O10P. The van der Waals surface area contributed by atoms with Gasteiger partial charge in [0, 0.05) is 0 Å². The smallest absolute Gasteiger partial charge is 0.459 e. The first kappa shape index (κ1) is 40.7. The molecular weight excluding hydrogens is 693 g/mol. The normalized spacial score (nSPS) is 22.2. The Balaban J connectivity index is 1.69. The fourth-order valence-electron chi connectivity index (χ4n) is 5.37. The Morgan fingerprint density at radius 3 is 2.31 bits per heavy atom. The van der Waals surface area contributed by atoms with Crippen molar-refractivity contribution in [3.63, 3.8) is 0 Å². The summed E-state index contributed by atoms with van der Waals surface area (Å²) in [6, 6.07) is 10.6. The van der Waals surface area contributed by atoms with Gasteiger partial charge in [0.05, 0.1) is 30.7 Å². The maximum absolute atomic E-state index is 14.5. The van der Waals surface area contributed by atoms with E-state index in [9.17, 15) is 18.9 Å². The van der Waals surface area contributed by atoms with E-state index in [2.05, 4.69) is 35.9 Å². The van der Waals surface area contributed by atoms with Crippen LogP contribution in [-0.4, -0.2) is 70.1 Å². The second kappa shape index (κ2) is 16.7. The predicted molar refractivity (Wildman–Crippen MR) is 192 cm³/mol. The zero-order valence-corrected chi connectivity index (χ0v) is 32.3. The topological polar surface area (TPSA) is 192 Å². The SMILES string of the molecule is CCC(C)(C)CCOC(=O)[C@H](C)NP(=O)(OC[C@H]1O[C@@](C)(c2ccc3c(N)ncnn23)[C@H](OC(=O)C(C)C)[C@@H]1OC(=O)C(C)C)Oc1ccccc1. The average Bonchev–Trinajstić information content (AvgIpc) is 3.64. The molecule has 0 spiro atoms. The number of anilines is 1. The molecule has 1 aromatic carbocycles. The van der Waals surface area contributed by atoms with Crippen LogP contribution >= 0.6 is 7.75 Å². The average molecular weight is 746 g/mol. The Hall–Kier alpha value is -4.04. The number of para-hydroxylation sites is 1. The lowest BCUT2D eigenvalue weighted by Crippen LogP contribution is -2.46. The Morgan fingerprint density at radius 2 is 1.67 bits per heavy atom. The van der Waals surface area contributed by atoms with Crippen LogP contribution in [0.4, 0.5) is 5.82 Å². The number of nitrogens with two attached hydrogens (primary N) is 1. The van der Waals surface area contributed by atoms with Gasteiger partial charge in [0.15, 0.2) is 18.0 Å². The molecule has 1 aliphatic heterocycles. The molecule has 2 aromatic heterocycles. The van der Waals surface area contributed by atoms with Crippen molar-refractivity contribution in [2.45, 2.75) is 105 Å². The summed E-state index contributed by atoms with van der Waals surface area (Å²) in [5.41, 5.74) is 5.47. The number of nitrogens with one attached hydrogen (secondary N) is 1. The number of aromatic nitrogens is 3. The molecule has 0 bridgehead atoms. The summed E-state index contributed by atoms with van der Waals surface area (Å²) in [5, 5.41) is 7.04. The molecule has 1 unspecified atom stereocenters. The summed E-state index contributed by atoms with van der Waals surface area (Å²) in [6.07, 6.45) is -0.824. The van der Waals surface area contributed by atoms with Crippen LogP contribution in [0.2, 0.25) is 0 Å². The quantitative estimate of drug-likeness (QED) is 0.0984. The Kier molecular flexibility index (Phi) is 13.1. The second-order valence-electron chi connectivity index (χ2n) is 14.5. The summed E-state index contributed by atoms with van der Waals surface area (Å²) >= 11 is 0. The molecule has 1 aliphatic rings. The van der Waals surface area contributed by atoms with Crippen molar-refractivity contribution >= 4 is 37.0 Å². The van der Waals surface area contributed by atoms with E-state index in [4.69, 9.17) is 33.7 Å².